The van der Waals surface area contributed by atoms with Crippen molar-refractivity contribution >= 4 is 15.7 Å². The van der Waals surface area contributed by atoms with Gasteiger partial charge in [0.1, 0.15) is 16.4 Å². The molecule has 0 amide bonds. The molecule has 1 aliphatic rings. The van der Waals surface area contributed by atoms with Crippen LogP contribution in [0.15, 0.2) is 17.0 Å². The number of rotatable bonds is 7. The summed E-state index contributed by atoms with van der Waals surface area (Å²) < 4.78 is 37.1. The molecule has 7 nitrogen and oxygen atoms in total. The van der Waals surface area contributed by atoms with Crippen LogP contribution in [0, 0.1) is 0 Å². The average molecular weight is 316 g/mol. The first-order valence-corrected chi connectivity index (χ1v) is 8.04. The lowest BCUT2D eigenvalue weighted by atomic mass is 10.3. The highest BCUT2D eigenvalue weighted by molar-refractivity contribution is 7.89. The SMILES string of the molecule is COc1cc(OC)c(S(=O)(=O)N(CCO)C2CC2)cc1N. The second-order valence-electron chi connectivity index (χ2n) is 4.82. The van der Waals surface area contributed by atoms with Gasteiger partial charge in [0, 0.05) is 18.7 Å². The fourth-order valence-corrected chi connectivity index (χ4v) is 4.03. The molecule has 1 saturated carbocycles. The van der Waals surface area contributed by atoms with Gasteiger partial charge in [-0.1, -0.05) is 0 Å². The van der Waals surface area contributed by atoms with Crippen molar-refractivity contribution in [3.05, 3.63) is 12.1 Å². The first-order valence-electron chi connectivity index (χ1n) is 6.60. The molecule has 0 atom stereocenters. The lowest BCUT2D eigenvalue weighted by Crippen LogP contribution is -2.35. The van der Waals surface area contributed by atoms with Crippen molar-refractivity contribution in [2.75, 3.05) is 33.1 Å². The maximum absolute atomic E-state index is 12.8. The summed E-state index contributed by atoms with van der Waals surface area (Å²) in [6.07, 6.45) is 1.60. The average Bonchev–Trinajstić information content (AvgIpc) is 3.28. The number of nitrogen functional groups attached to an aromatic ring is 1. The van der Waals surface area contributed by atoms with Crippen molar-refractivity contribution in [1.82, 2.24) is 4.31 Å². The lowest BCUT2D eigenvalue weighted by Gasteiger charge is -2.22. The molecule has 0 spiro atoms. The van der Waals surface area contributed by atoms with Crippen LogP contribution in [0.2, 0.25) is 0 Å². The van der Waals surface area contributed by atoms with Gasteiger partial charge in [0.2, 0.25) is 10.0 Å². The number of benzene rings is 1. The number of sulfonamides is 1. The second-order valence-corrected chi connectivity index (χ2v) is 6.67. The molecule has 2 rings (SSSR count). The number of anilines is 1. The first kappa shape index (κ1) is 15.9. The van der Waals surface area contributed by atoms with E-state index in [4.69, 9.17) is 20.3 Å². The van der Waals surface area contributed by atoms with Gasteiger partial charge >= 0.3 is 0 Å². The number of hydrogen-bond acceptors (Lipinski definition) is 6. The summed E-state index contributed by atoms with van der Waals surface area (Å²) >= 11 is 0. The minimum atomic E-state index is -3.78. The molecule has 0 saturated heterocycles. The van der Waals surface area contributed by atoms with Gasteiger partial charge in [-0.05, 0) is 18.9 Å². The van der Waals surface area contributed by atoms with Gasteiger partial charge < -0.3 is 20.3 Å². The molecule has 1 aromatic carbocycles. The third kappa shape index (κ3) is 3.07. The van der Waals surface area contributed by atoms with Crippen LogP contribution in [-0.2, 0) is 10.0 Å². The molecular formula is C13H20N2O5S. The van der Waals surface area contributed by atoms with Crippen molar-refractivity contribution in [2.45, 2.75) is 23.8 Å². The maximum Gasteiger partial charge on any atom is 0.247 e. The first-order chi connectivity index (χ1) is 9.95. The molecule has 3 N–H and O–H groups in total. The van der Waals surface area contributed by atoms with Crippen molar-refractivity contribution in [3.63, 3.8) is 0 Å². The summed E-state index contributed by atoms with van der Waals surface area (Å²) in [5.74, 6) is 0.524. The quantitative estimate of drug-likeness (QED) is 0.707. The van der Waals surface area contributed by atoms with E-state index in [0.29, 0.717) is 5.75 Å². The van der Waals surface area contributed by atoms with E-state index in [1.807, 2.05) is 0 Å². The van der Waals surface area contributed by atoms with Crippen molar-refractivity contribution in [2.24, 2.45) is 0 Å². The van der Waals surface area contributed by atoms with Gasteiger partial charge in [-0.25, -0.2) is 8.42 Å². The van der Waals surface area contributed by atoms with Gasteiger partial charge in [0.25, 0.3) is 0 Å². The molecule has 0 radical (unpaired) electrons. The van der Waals surface area contributed by atoms with Crippen LogP contribution in [0.4, 0.5) is 5.69 Å². The van der Waals surface area contributed by atoms with E-state index in [1.54, 1.807) is 0 Å². The molecule has 118 valence electrons. The second kappa shape index (κ2) is 6.08. The Kier molecular flexibility index (Phi) is 4.60. The van der Waals surface area contributed by atoms with Crippen molar-refractivity contribution < 1.29 is 23.0 Å². The van der Waals surface area contributed by atoms with Crippen LogP contribution in [0.3, 0.4) is 0 Å². The van der Waals surface area contributed by atoms with E-state index in [1.165, 1.54) is 30.7 Å². The Balaban J connectivity index is 2.50. The molecule has 0 unspecified atom stereocenters. The normalized spacial score (nSPS) is 15.2. The highest BCUT2D eigenvalue weighted by Gasteiger charge is 2.39. The van der Waals surface area contributed by atoms with Crippen molar-refractivity contribution in [3.8, 4) is 11.5 Å². The van der Waals surface area contributed by atoms with Crippen LogP contribution in [-0.4, -0.2) is 51.2 Å². The molecule has 8 heteroatoms. The molecule has 0 bridgehead atoms. The van der Waals surface area contributed by atoms with Crippen LogP contribution in [0.25, 0.3) is 0 Å². The number of aliphatic hydroxyl groups is 1. The number of aliphatic hydroxyl groups excluding tert-OH is 1. The zero-order valence-corrected chi connectivity index (χ0v) is 12.9. The minimum absolute atomic E-state index is 0.0105. The number of nitrogens with zero attached hydrogens (tertiary/aromatic N) is 1. The predicted octanol–water partition coefficient (Wildman–Crippen LogP) is 0.431. The Morgan fingerprint density at radius 2 is 1.90 bits per heavy atom. The number of hydrogen-bond donors (Lipinski definition) is 2. The Bertz CT molecular complexity index is 613. The molecule has 1 aromatic rings. The third-order valence-corrected chi connectivity index (χ3v) is 5.35. The van der Waals surface area contributed by atoms with Gasteiger partial charge in [-0.15, -0.1) is 0 Å². The van der Waals surface area contributed by atoms with Gasteiger partial charge in [-0.3, -0.25) is 0 Å². The summed E-state index contributed by atoms with van der Waals surface area (Å²) in [6, 6.07) is 2.72. The standard InChI is InChI=1S/C13H20N2O5S/c1-19-11-8-12(20-2)13(7-10(11)14)21(17,18)15(5-6-16)9-3-4-9/h7-9,16H,3-6,14H2,1-2H3. The predicted molar refractivity (Wildman–Crippen MR) is 78.0 cm³/mol. The van der Waals surface area contributed by atoms with Crippen LogP contribution in [0.5, 0.6) is 11.5 Å². The maximum atomic E-state index is 12.8. The topological polar surface area (TPSA) is 102 Å². The van der Waals surface area contributed by atoms with E-state index in [-0.39, 0.29) is 35.5 Å². The monoisotopic (exact) mass is 316 g/mol. The van der Waals surface area contributed by atoms with Gasteiger partial charge in [0.15, 0.2) is 0 Å². The summed E-state index contributed by atoms with van der Waals surface area (Å²) in [6.45, 7) is -0.175. The molecule has 0 heterocycles. The Hall–Kier alpha value is -1.51. The smallest absolute Gasteiger partial charge is 0.247 e. The molecule has 0 aliphatic heterocycles. The zero-order valence-electron chi connectivity index (χ0n) is 12.1. The van der Waals surface area contributed by atoms with Crippen LogP contribution in [0.1, 0.15) is 12.8 Å². The Labute approximate surface area is 124 Å². The lowest BCUT2D eigenvalue weighted by molar-refractivity contribution is 0.250. The summed E-state index contributed by atoms with van der Waals surface area (Å²) in [4.78, 5) is -0.0105. The molecule has 1 aliphatic carbocycles. The van der Waals surface area contributed by atoms with E-state index < -0.39 is 10.0 Å². The fraction of sp³-hybridized carbons (Fsp3) is 0.538. The zero-order chi connectivity index (χ0) is 15.6. The fourth-order valence-electron chi connectivity index (χ4n) is 2.18. The summed E-state index contributed by atoms with van der Waals surface area (Å²) in [5.41, 5.74) is 6.02. The summed E-state index contributed by atoms with van der Waals surface area (Å²) in [5, 5.41) is 9.10. The van der Waals surface area contributed by atoms with E-state index in [9.17, 15) is 8.42 Å². The van der Waals surface area contributed by atoms with Crippen LogP contribution >= 0.6 is 0 Å². The molecule has 1 fully saturated rings. The largest absolute Gasteiger partial charge is 0.495 e. The third-order valence-electron chi connectivity index (χ3n) is 3.38. The van der Waals surface area contributed by atoms with E-state index >= 15 is 0 Å². The van der Waals surface area contributed by atoms with E-state index in [0.717, 1.165) is 12.8 Å². The van der Waals surface area contributed by atoms with Crippen molar-refractivity contribution in [1.29, 1.82) is 0 Å². The van der Waals surface area contributed by atoms with E-state index in [2.05, 4.69) is 0 Å². The van der Waals surface area contributed by atoms with Gasteiger partial charge in [0.05, 0.1) is 26.5 Å². The number of ether oxygens (including phenoxy) is 2. The number of nitrogens with two attached hydrogens (primary N) is 1. The minimum Gasteiger partial charge on any atom is -0.495 e. The summed E-state index contributed by atoms with van der Waals surface area (Å²) in [7, 11) is -0.945. The van der Waals surface area contributed by atoms with Crippen LogP contribution < -0.4 is 15.2 Å². The number of methoxy groups -OCH3 is 2. The highest BCUT2D eigenvalue weighted by Crippen LogP contribution is 2.38. The molecule has 0 aromatic heterocycles. The molecule has 21 heavy (non-hydrogen) atoms. The Morgan fingerprint density at radius 3 is 2.38 bits per heavy atom. The highest BCUT2D eigenvalue weighted by atomic mass is 32.2. The molecular weight excluding hydrogens is 296 g/mol. The van der Waals surface area contributed by atoms with Gasteiger partial charge in [-0.2, -0.15) is 4.31 Å². The Morgan fingerprint density at radius 1 is 1.29 bits per heavy atom.